The van der Waals surface area contributed by atoms with Crippen molar-refractivity contribution in [2.75, 3.05) is 13.2 Å². The van der Waals surface area contributed by atoms with Crippen LogP contribution >= 0.6 is 26.6 Å². The summed E-state index contributed by atoms with van der Waals surface area (Å²) >= 11 is 3.01. The standard InChI is InChI=1S/C10H9BrClFO4S/c11-7-4-8-10(17-3-1-2-16-8)6(9(7)13)5-18(12,14)15/h4H,1-3,5H2. The molecule has 0 aliphatic carbocycles. The molecule has 0 radical (unpaired) electrons. The van der Waals surface area contributed by atoms with Crippen LogP contribution in [0.1, 0.15) is 12.0 Å². The first-order chi connectivity index (χ1) is 8.38. The van der Waals surface area contributed by atoms with Gasteiger partial charge >= 0.3 is 0 Å². The fourth-order valence-corrected chi connectivity index (χ4v) is 3.00. The molecule has 0 N–H and O–H groups in total. The molecule has 4 nitrogen and oxygen atoms in total. The van der Waals surface area contributed by atoms with E-state index in [1.807, 2.05) is 0 Å². The minimum Gasteiger partial charge on any atom is -0.490 e. The Balaban J connectivity index is 2.58. The molecular formula is C10H9BrClFO4S. The van der Waals surface area contributed by atoms with Crippen LogP contribution in [-0.2, 0) is 14.8 Å². The second-order valence-corrected chi connectivity index (χ2v) is 7.34. The summed E-state index contributed by atoms with van der Waals surface area (Å²) in [5, 5.41) is 0. The minimum atomic E-state index is -3.89. The van der Waals surface area contributed by atoms with Crippen LogP contribution < -0.4 is 9.47 Å². The largest absolute Gasteiger partial charge is 0.490 e. The molecule has 0 saturated heterocycles. The summed E-state index contributed by atoms with van der Waals surface area (Å²) in [4.78, 5) is 0. The molecule has 0 bridgehead atoms. The van der Waals surface area contributed by atoms with Crippen molar-refractivity contribution in [3.63, 3.8) is 0 Å². The number of fused-ring (bicyclic) bond motifs is 1. The average molecular weight is 360 g/mol. The molecule has 1 aromatic carbocycles. The fourth-order valence-electron chi connectivity index (χ4n) is 1.62. The van der Waals surface area contributed by atoms with Gasteiger partial charge in [0.15, 0.2) is 11.5 Å². The van der Waals surface area contributed by atoms with Gasteiger partial charge in [-0.1, -0.05) is 0 Å². The van der Waals surface area contributed by atoms with Gasteiger partial charge in [0.2, 0.25) is 9.05 Å². The van der Waals surface area contributed by atoms with E-state index in [4.69, 9.17) is 20.2 Å². The molecule has 0 saturated carbocycles. The smallest absolute Gasteiger partial charge is 0.237 e. The lowest BCUT2D eigenvalue weighted by Crippen LogP contribution is -2.05. The Morgan fingerprint density at radius 2 is 2.06 bits per heavy atom. The zero-order chi connectivity index (χ0) is 13.3. The molecule has 0 atom stereocenters. The Bertz CT molecular complexity index is 576. The normalized spacial score (nSPS) is 15.3. The molecule has 1 aromatic rings. The molecule has 1 aliphatic heterocycles. The van der Waals surface area contributed by atoms with Gasteiger partial charge in [-0.2, -0.15) is 0 Å². The van der Waals surface area contributed by atoms with Gasteiger partial charge < -0.3 is 9.47 Å². The average Bonchev–Trinajstić information content (AvgIpc) is 2.48. The number of hydrogen-bond acceptors (Lipinski definition) is 4. The van der Waals surface area contributed by atoms with Crippen LogP contribution in [-0.4, -0.2) is 21.6 Å². The van der Waals surface area contributed by atoms with Crippen LogP contribution in [0.5, 0.6) is 11.5 Å². The molecule has 1 aliphatic rings. The van der Waals surface area contributed by atoms with Gasteiger partial charge in [0.1, 0.15) is 5.82 Å². The van der Waals surface area contributed by atoms with E-state index >= 15 is 0 Å². The third-order valence-electron chi connectivity index (χ3n) is 2.34. The molecule has 0 aromatic heterocycles. The predicted octanol–water partition coefficient (Wildman–Crippen LogP) is 2.82. The van der Waals surface area contributed by atoms with E-state index in [-0.39, 0.29) is 15.8 Å². The maximum atomic E-state index is 13.9. The van der Waals surface area contributed by atoms with E-state index in [2.05, 4.69) is 15.9 Å². The van der Waals surface area contributed by atoms with E-state index in [0.29, 0.717) is 25.4 Å². The molecule has 100 valence electrons. The molecule has 8 heteroatoms. The SMILES string of the molecule is O=S(=O)(Cl)Cc1c(F)c(Br)cc2c1OCCCO2. The maximum absolute atomic E-state index is 13.9. The van der Waals surface area contributed by atoms with Crippen LogP contribution in [0.3, 0.4) is 0 Å². The van der Waals surface area contributed by atoms with Crippen molar-refractivity contribution >= 4 is 35.7 Å². The predicted molar refractivity (Wildman–Crippen MR) is 68.2 cm³/mol. The third-order valence-corrected chi connectivity index (χ3v) is 3.88. The number of rotatable bonds is 2. The Labute approximate surface area is 117 Å². The van der Waals surface area contributed by atoms with E-state index in [9.17, 15) is 12.8 Å². The number of halogens is 3. The van der Waals surface area contributed by atoms with Crippen molar-refractivity contribution < 1.29 is 22.3 Å². The first kappa shape index (κ1) is 13.9. The summed E-state index contributed by atoms with van der Waals surface area (Å²) in [7, 11) is 1.28. The molecule has 1 heterocycles. The van der Waals surface area contributed by atoms with Gasteiger partial charge in [0.25, 0.3) is 0 Å². The van der Waals surface area contributed by atoms with Crippen molar-refractivity contribution in [3.05, 3.63) is 21.9 Å². The summed E-state index contributed by atoms with van der Waals surface area (Å²) in [6.07, 6.45) is 0.640. The van der Waals surface area contributed by atoms with Crippen molar-refractivity contribution in [1.82, 2.24) is 0 Å². The summed E-state index contributed by atoms with van der Waals surface area (Å²) in [6, 6.07) is 1.42. The van der Waals surface area contributed by atoms with E-state index in [0.717, 1.165) is 0 Å². The van der Waals surface area contributed by atoms with Crippen LogP contribution in [0.2, 0.25) is 0 Å². The van der Waals surface area contributed by atoms with Crippen LogP contribution in [0, 0.1) is 5.82 Å². The van der Waals surface area contributed by atoms with Gasteiger partial charge in [-0.15, -0.1) is 0 Å². The quantitative estimate of drug-likeness (QED) is 0.762. The van der Waals surface area contributed by atoms with Gasteiger partial charge in [-0.05, 0) is 15.9 Å². The Morgan fingerprint density at radius 3 is 2.72 bits per heavy atom. The highest BCUT2D eigenvalue weighted by Crippen LogP contribution is 2.40. The van der Waals surface area contributed by atoms with Gasteiger partial charge in [0.05, 0.1) is 29.0 Å². The molecular weight excluding hydrogens is 351 g/mol. The number of hydrogen-bond donors (Lipinski definition) is 0. The van der Waals surface area contributed by atoms with Crippen LogP contribution in [0.15, 0.2) is 10.5 Å². The Kier molecular flexibility index (Phi) is 4.03. The lowest BCUT2D eigenvalue weighted by atomic mass is 10.2. The fraction of sp³-hybridized carbons (Fsp3) is 0.400. The molecule has 0 fully saturated rings. The number of ether oxygens (including phenoxy) is 2. The number of benzene rings is 1. The summed E-state index contributed by atoms with van der Waals surface area (Å²) in [6.45, 7) is 0.765. The summed E-state index contributed by atoms with van der Waals surface area (Å²) in [5.41, 5.74) is -0.115. The highest BCUT2D eigenvalue weighted by Gasteiger charge is 2.24. The van der Waals surface area contributed by atoms with Crippen molar-refractivity contribution in [2.45, 2.75) is 12.2 Å². The van der Waals surface area contributed by atoms with E-state index in [1.54, 1.807) is 0 Å². The van der Waals surface area contributed by atoms with Crippen LogP contribution in [0.4, 0.5) is 4.39 Å². The molecule has 18 heavy (non-hydrogen) atoms. The first-order valence-electron chi connectivity index (χ1n) is 5.07. The lowest BCUT2D eigenvalue weighted by molar-refractivity contribution is 0.296. The van der Waals surface area contributed by atoms with E-state index < -0.39 is 20.6 Å². The highest BCUT2D eigenvalue weighted by atomic mass is 79.9. The first-order valence-corrected chi connectivity index (χ1v) is 8.34. The molecule has 0 spiro atoms. The van der Waals surface area contributed by atoms with Crippen LogP contribution in [0.25, 0.3) is 0 Å². The van der Waals surface area contributed by atoms with Gasteiger partial charge in [-0.3, -0.25) is 0 Å². The highest BCUT2D eigenvalue weighted by molar-refractivity contribution is 9.10. The van der Waals surface area contributed by atoms with Crippen molar-refractivity contribution in [1.29, 1.82) is 0 Å². The zero-order valence-corrected chi connectivity index (χ0v) is 12.2. The zero-order valence-electron chi connectivity index (χ0n) is 9.08. The lowest BCUT2D eigenvalue weighted by Gasteiger charge is -2.13. The van der Waals surface area contributed by atoms with Crippen molar-refractivity contribution in [2.24, 2.45) is 0 Å². The molecule has 0 unspecified atom stereocenters. The van der Waals surface area contributed by atoms with Gasteiger partial charge in [0, 0.05) is 23.2 Å². The topological polar surface area (TPSA) is 52.6 Å². The Hall–Kier alpha value is -0.530. The van der Waals surface area contributed by atoms with E-state index in [1.165, 1.54) is 6.07 Å². The summed E-state index contributed by atoms with van der Waals surface area (Å²) < 4.78 is 47.0. The second kappa shape index (κ2) is 5.22. The second-order valence-electron chi connectivity index (χ2n) is 3.71. The summed E-state index contributed by atoms with van der Waals surface area (Å²) in [5.74, 6) is -0.928. The van der Waals surface area contributed by atoms with Crippen molar-refractivity contribution in [3.8, 4) is 11.5 Å². The van der Waals surface area contributed by atoms with Gasteiger partial charge in [-0.25, -0.2) is 12.8 Å². The molecule has 2 rings (SSSR count). The third kappa shape index (κ3) is 3.07. The Morgan fingerprint density at radius 1 is 1.39 bits per heavy atom. The maximum Gasteiger partial charge on any atom is 0.237 e. The molecule has 0 amide bonds. The minimum absolute atomic E-state index is 0.109. The monoisotopic (exact) mass is 358 g/mol.